The van der Waals surface area contributed by atoms with Crippen molar-refractivity contribution in [2.75, 3.05) is 0 Å². The third-order valence-electron chi connectivity index (χ3n) is 3.30. The Balaban J connectivity index is 2.70. The summed E-state index contributed by atoms with van der Waals surface area (Å²) in [5.41, 5.74) is 5.15. The van der Waals surface area contributed by atoms with Crippen LogP contribution in [0.5, 0.6) is 0 Å². The van der Waals surface area contributed by atoms with E-state index in [1.54, 1.807) is 0 Å². The van der Waals surface area contributed by atoms with Crippen molar-refractivity contribution in [3.8, 4) is 0 Å². The van der Waals surface area contributed by atoms with Gasteiger partial charge >= 0.3 is 0 Å². The molecule has 2 heterocycles. The second kappa shape index (κ2) is 3.08. The first-order chi connectivity index (χ1) is 7.70. The van der Waals surface area contributed by atoms with Gasteiger partial charge in [-0.3, -0.25) is 4.98 Å². The highest BCUT2D eigenvalue weighted by atomic mass is 14.9. The molecular formula is C14H14N2. The van der Waals surface area contributed by atoms with Gasteiger partial charge in [0.05, 0.1) is 11.0 Å². The molecule has 2 heteroatoms. The molecule has 0 saturated heterocycles. The molecule has 0 saturated carbocycles. The summed E-state index contributed by atoms with van der Waals surface area (Å²) >= 11 is 0. The highest BCUT2D eigenvalue weighted by molar-refractivity contribution is 6.09. The molecule has 3 rings (SSSR count). The number of benzene rings is 1. The average Bonchev–Trinajstić information content (AvgIpc) is 2.56. The van der Waals surface area contributed by atoms with Crippen molar-refractivity contribution in [1.82, 2.24) is 9.55 Å². The summed E-state index contributed by atoms with van der Waals surface area (Å²) in [6.07, 6.45) is 3.89. The van der Waals surface area contributed by atoms with Gasteiger partial charge in [-0.25, -0.2) is 0 Å². The lowest BCUT2D eigenvalue weighted by atomic mass is 10.1. The van der Waals surface area contributed by atoms with Crippen LogP contribution in [0.25, 0.3) is 21.8 Å². The Morgan fingerprint density at radius 2 is 1.69 bits per heavy atom. The van der Waals surface area contributed by atoms with Crippen LogP contribution in [0.2, 0.25) is 0 Å². The normalized spacial score (nSPS) is 11.4. The smallest absolute Gasteiger partial charge is 0.0549 e. The number of rotatable bonds is 0. The zero-order valence-electron chi connectivity index (χ0n) is 9.78. The Bertz CT molecular complexity index is 633. The summed E-state index contributed by atoms with van der Waals surface area (Å²) < 4.78 is 2.27. The molecule has 0 aliphatic rings. The largest absolute Gasteiger partial charge is 0.343 e. The molecule has 16 heavy (non-hydrogen) atoms. The number of fused-ring (bicyclic) bond motifs is 3. The summed E-state index contributed by atoms with van der Waals surface area (Å²) in [6, 6.07) is 6.44. The molecule has 0 spiro atoms. The lowest BCUT2D eigenvalue weighted by Crippen LogP contribution is -1.91. The van der Waals surface area contributed by atoms with E-state index in [0.29, 0.717) is 0 Å². The second-order valence-electron chi connectivity index (χ2n) is 4.38. The van der Waals surface area contributed by atoms with Crippen LogP contribution in [0, 0.1) is 13.8 Å². The summed E-state index contributed by atoms with van der Waals surface area (Å²) in [7, 11) is 2.13. The molecule has 2 nitrogen and oxygen atoms in total. The van der Waals surface area contributed by atoms with Crippen molar-refractivity contribution >= 4 is 21.8 Å². The molecule has 0 N–H and O–H groups in total. The Labute approximate surface area is 94.5 Å². The molecule has 80 valence electrons. The molecule has 0 aliphatic carbocycles. The molecule has 0 aliphatic heterocycles. The third-order valence-corrected chi connectivity index (χ3v) is 3.30. The predicted molar refractivity (Wildman–Crippen MR) is 67.7 cm³/mol. The van der Waals surface area contributed by atoms with Crippen LogP contribution >= 0.6 is 0 Å². The minimum Gasteiger partial charge on any atom is -0.343 e. The van der Waals surface area contributed by atoms with E-state index in [1.165, 1.54) is 32.9 Å². The topological polar surface area (TPSA) is 17.8 Å². The summed E-state index contributed by atoms with van der Waals surface area (Å²) in [5, 5.41) is 2.55. The van der Waals surface area contributed by atoms with E-state index in [2.05, 4.69) is 48.6 Å². The van der Waals surface area contributed by atoms with Crippen molar-refractivity contribution in [3.63, 3.8) is 0 Å². The Morgan fingerprint density at radius 3 is 2.50 bits per heavy atom. The van der Waals surface area contributed by atoms with Gasteiger partial charge in [-0.1, -0.05) is 18.2 Å². The SMILES string of the molecule is Cc1cccc2c3cncc(C)c3n(C)c12. The number of hydrogen-bond donors (Lipinski definition) is 0. The van der Waals surface area contributed by atoms with Crippen molar-refractivity contribution in [3.05, 3.63) is 41.7 Å². The third kappa shape index (κ3) is 1.04. The number of hydrogen-bond acceptors (Lipinski definition) is 1. The van der Waals surface area contributed by atoms with Crippen LogP contribution in [0.3, 0.4) is 0 Å². The van der Waals surface area contributed by atoms with E-state index >= 15 is 0 Å². The van der Waals surface area contributed by atoms with Crippen molar-refractivity contribution in [2.24, 2.45) is 7.05 Å². The van der Waals surface area contributed by atoms with E-state index in [0.717, 1.165) is 0 Å². The van der Waals surface area contributed by atoms with Gasteiger partial charge in [0.25, 0.3) is 0 Å². The van der Waals surface area contributed by atoms with E-state index in [9.17, 15) is 0 Å². The first-order valence-electron chi connectivity index (χ1n) is 5.48. The van der Waals surface area contributed by atoms with E-state index in [1.807, 2.05) is 12.4 Å². The fourth-order valence-electron chi connectivity index (χ4n) is 2.63. The number of aromatic nitrogens is 2. The minimum atomic E-state index is 1.23. The maximum Gasteiger partial charge on any atom is 0.0549 e. The van der Waals surface area contributed by atoms with Crippen molar-refractivity contribution < 1.29 is 0 Å². The zero-order valence-corrected chi connectivity index (χ0v) is 9.78. The van der Waals surface area contributed by atoms with Crippen LogP contribution in [0.15, 0.2) is 30.6 Å². The van der Waals surface area contributed by atoms with Gasteiger partial charge in [0.1, 0.15) is 0 Å². The number of pyridine rings is 1. The fourth-order valence-corrected chi connectivity index (χ4v) is 2.63. The predicted octanol–water partition coefficient (Wildman–Crippen LogP) is 3.34. The van der Waals surface area contributed by atoms with Gasteiger partial charge in [-0.2, -0.15) is 0 Å². The Hall–Kier alpha value is -1.83. The molecule has 0 amide bonds. The molecule has 0 unspecified atom stereocenters. The number of nitrogens with zero attached hydrogens (tertiary/aromatic N) is 2. The van der Waals surface area contributed by atoms with Gasteiger partial charge in [0, 0.05) is 30.2 Å². The van der Waals surface area contributed by atoms with Gasteiger partial charge in [-0.05, 0) is 25.0 Å². The van der Waals surface area contributed by atoms with Gasteiger partial charge in [-0.15, -0.1) is 0 Å². The minimum absolute atomic E-state index is 1.23. The molecule has 3 aromatic rings. The van der Waals surface area contributed by atoms with E-state index in [-0.39, 0.29) is 0 Å². The number of aryl methyl sites for hydroxylation is 3. The molecule has 0 fully saturated rings. The molecule has 0 radical (unpaired) electrons. The average molecular weight is 210 g/mol. The first kappa shape index (κ1) is 9.40. The van der Waals surface area contributed by atoms with Crippen LogP contribution in [0.4, 0.5) is 0 Å². The summed E-state index contributed by atoms with van der Waals surface area (Å²) in [6.45, 7) is 4.27. The Kier molecular flexibility index (Phi) is 1.81. The maximum absolute atomic E-state index is 4.29. The molecule has 0 atom stereocenters. The standard InChI is InChI=1S/C14H14N2/c1-9-5-4-6-11-12-8-15-7-10(2)14(12)16(3)13(9)11/h4-8H,1-3H3. The molecule has 0 bridgehead atoms. The van der Waals surface area contributed by atoms with Crippen LogP contribution in [0.1, 0.15) is 11.1 Å². The lowest BCUT2D eigenvalue weighted by Gasteiger charge is -2.02. The Morgan fingerprint density at radius 1 is 0.938 bits per heavy atom. The zero-order chi connectivity index (χ0) is 11.3. The molecule has 1 aromatic carbocycles. The summed E-state index contributed by atoms with van der Waals surface area (Å²) in [5.74, 6) is 0. The van der Waals surface area contributed by atoms with Gasteiger partial charge < -0.3 is 4.57 Å². The first-order valence-corrected chi connectivity index (χ1v) is 5.48. The molecular weight excluding hydrogens is 196 g/mol. The maximum atomic E-state index is 4.29. The highest BCUT2D eigenvalue weighted by Crippen LogP contribution is 2.30. The van der Waals surface area contributed by atoms with Crippen LogP contribution < -0.4 is 0 Å². The van der Waals surface area contributed by atoms with E-state index in [4.69, 9.17) is 0 Å². The highest BCUT2D eigenvalue weighted by Gasteiger charge is 2.11. The van der Waals surface area contributed by atoms with Crippen molar-refractivity contribution in [2.45, 2.75) is 13.8 Å². The van der Waals surface area contributed by atoms with E-state index < -0.39 is 0 Å². The monoisotopic (exact) mass is 210 g/mol. The molecule has 2 aromatic heterocycles. The quantitative estimate of drug-likeness (QED) is 0.556. The van der Waals surface area contributed by atoms with Crippen molar-refractivity contribution in [1.29, 1.82) is 0 Å². The van der Waals surface area contributed by atoms with Gasteiger partial charge in [0.15, 0.2) is 0 Å². The lowest BCUT2D eigenvalue weighted by molar-refractivity contribution is 1.000. The summed E-state index contributed by atoms with van der Waals surface area (Å²) in [4.78, 5) is 4.29. The fraction of sp³-hybridized carbons (Fsp3) is 0.214. The number of para-hydroxylation sites is 1. The second-order valence-corrected chi connectivity index (χ2v) is 4.38. The van der Waals surface area contributed by atoms with Gasteiger partial charge in [0.2, 0.25) is 0 Å². The van der Waals surface area contributed by atoms with Crippen LogP contribution in [-0.2, 0) is 7.05 Å². The van der Waals surface area contributed by atoms with Crippen LogP contribution in [-0.4, -0.2) is 9.55 Å².